The Labute approximate surface area is 154 Å². The van der Waals surface area contributed by atoms with Gasteiger partial charge < -0.3 is 14.6 Å². The SMILES string of the molecule is COc1ccc(-n2cnnc2)cc1NC(=O)c1cc(C)nc2onc(C)c12. The molecule has 27 heavy (non-hydrogen) atoms. The first-order valence-electron chi connectivity index (χ1n) is 8.15. The minimum atomic E-state index is -0.309. The third-order valence-corrected chi connectivity index (χ3v) is 4.14. The summed E-state index contributed by atoms with van der Waals surface area (Å²) in [6.45, 7) is 3.56. The number of ether oxygens (including phenoxy) is 1. The second kappa shape index (κ2) is 6.52. The van der Waals surface area contributed by atoms with E-state index in [4.69, 9.17) is 9.26 Å². The van der Waals surface area contributed by atoms with E-state index in [0.717, 1.165) is 5.69 Å². The first kappa shape index (κ1) is 16.7. The van der Waals surface area contributed by atoms with Crippen LogP contribution >= 0.6 is 0 Å². The number of amides is 1. The Hall–Kier alpha value is -3.75. The van der Waals surface area contributed by atoms with Gasteiger partial charge in [0.25, 0.3) is 11.6 Å². The summed E-state index contributed by atoms with van der Waals surface area (Å²) in [7, 11) is 1.54. The molecular formula is C18H16N6O3. The molecule has 1 aromatic carbocycles. The molecule has 3 aromatic heterocycles. The molecule has 136 valence electrons. The van der Waals surface area contributed by atoms with Crippen LogP contribution in [0.4, 0.5) is 5.69 Å². The van der Waals surface area contributed by atoms with E-state index in [2.05, 4.69) is 25.7 Å². The van der Waals surface area contributed by atoms with Gasteiger partial charge in [0.05, 0.1) is 35.1 Å². The lowest BCUT2D eigenvalue weighted by molar-refractivity contribution is 0.102. The van der Waals surface area contributed by atoms with E-state index in [-0.39, 0.29) is 5.91 Å². The van der Waals surface area contributed by atoms with Crippen LogP contribution in [-0.4, -0.2) is 37.9 Å². The van der Waals surface area contributed by atoms with Gasteiger partial charge in [0, 0.05) is 5.69 Å². The number of hydrogen-bond donors (Lipinski definition) is 1. The van der Waals surface area contributed by atoms with Gasteiger partial charge in [-0.3, -0.25) is 9.36 Å². The monoisotopic (exact) mass is 364 g/mol. The van der Waals surface area contributed by atoms with E-state index < -0.39 is 0 Å². The van der Waals surface area contributed by atoms with Gasteiger partial charge in [-0.2, -0.15) is 0 Å². The van der Waals surface area contributed by atoms with E-state index >= 15 is 0 Å². The van der Waals surface area contributed by atoms with Gasteiger partial charge in [0.2, 0.25) is 0 Å². The lowest BCUT2D eigenvalue weighted by Gasteiger charge is -2.13. The number of rotatable bonds is 4. The lowest BCUT2D eigenvalue weighted by Crippen LogP contribution is -2.14. The van der Waals surface area contributed by atoms with Crippen LogP contribution in [0.25, 0.3) is 16.8 Å². The highest BCUT2D eigenvalue weighted by molar-refractivity contribution is 6.12. The molecule has 0 saturated heterocycles. The van der Waals surface area contributed by atoms with Gasteiger partial charge in [0.15, 0.2) is 0 Å². The van der Waals surface area contributed by atoms with Crippen LogP contribution in [0.15, 0.2) is 41.4 Å². The number of anilines is 1. The van der Waals surface area contributed by atoms with E-state index in [1.807, 2.05) is 6.07 Å². The fourth-order valence-electron chi connectivity index (χ4n) is 2.87. The molecule has 0 bridgehead atoms. The molecule has 0 aliphatic carbocycles. The lowest BCUT2D eigenvalue weighted by atomic mass is 10.1. The molecule has 0 aliphatic heterocycles. The van der Waals surface area contributed by atoms with Crippen molar-refractivity contribution in [3.05, 3.63) is 53.9 Å². The first-order valence-corrected chi connectivity index (χ1v) is 8.15. The predicted molar refractivity (Wildman–Crippen MR) is 97.1 cm³/mol. The molecule has 4 rings (SSSR count). The molecule has 9 heteroatoms. The average molecular weight is 364 g/mol. The number of carbonyl (C=O) groups excluding carboxylic acids is 1. The number of nitrogens with zero attached hydrogens (tertiary/aromatic N) is 5. The van der Waals surface area contributed by atoms with Crippen LogP contribution in [-0.2, 0) is 0 Å². The van der Waals surface area contributed by atoms with Crippen molar-refractivity contribution in [2.45, 2.75) is 13.8 Å². The highest BCUT2D eigenvalue weighted by Gasteiger charge is 2.19. The standard InChI is InChI=1S/C18H16N6O3/c1-10-6-13(16-11(2)23-27-18(16)21-10)17(25)22-14-7-12(4-5-15(14)26-3)24-8-19-20-9-24/h4-9H,1-3H3,(H,22,25). The normalized spacial score (nSPS) is 10.9. The minimum Gasteiger partial charge on any atom is -0.495 e. The average Bonchev–Trinajstić information content (AvgIpc) is 3.31. The molecule has 4 aromatic rings. The number of nitrogens with one attached hydrogen (secondary N) is 1. The fourth-order valence-corrected chi connectivity index (χ4v) is 2.87. The summed E-state index contributed by atoms with van der Waals surface area (Å²) in [5.41, 5.74) is 3.34. The number of benzene rings is 1. The van der Waals surface area contributed by atoms with Crippen molar-refractivity contribution in [1.82, 2.24) is 24.9 Å². The van der Waals surface area contributed by atoms with Gasteiger partial charge in [-0.05, 0) is 38.1 Å². The molecule has 0 atom stereocenters. The van der Waals surface area contributed by atoms with Crippen molar-refractivity contribution < 1.29 is 14.1 Å². The molecule has 9 nitrogen and oxygen atoms in total. The maximum Gasteiger partial charge on any atom is 0.258 e. The second-order valence-electron chi connectivity index (χ2n) is 5.97. The predicted octanol–water partition coefficient (Wildman–Crippen LogP) is 2.68. The van der Waals surface area contributed by atoms with Crippen LogP contribution in [0.5, 0.6) is 5.75 Å². The zero-order valence-corrected chi connectivity index (χ0v) is 14.9. The number of methoxy groups -OCH3 is 1. The summed E-state index contributed by atoms with van der Waals surface area (Å²) in [5, 5.41) is 15.0. The zero-order chi connectivity index (χ0) is 19.0. The molecule has 0 unspecified atom stereocenters. The quantitative estimate of drug-likeness (QED) is 0.593. The van der Waals surface area contributed by atoms with Gasteiger partial charge in [0.1, 0.15) is 18.4 Å². The number of pyridine rings is 1. The summed E-state index contributed by atoms with van der Waals surface area (Å²) >= 11 is 0. The molecule has 0 fully saturated rings. The van der Waals surface area contributed by atoms with Crippen LogP contribution in [0.3, 0.4) is 0 Å². The van der Waals surface area contributed by atoms with Crippen molar-refractivity contribution >= 4 is 22.7 Å². The van der Waals surface area contributed by atoms with Crippen LogP contribution in [0.2, 0.25) is 0 Å². The maximum absolute atomic E-state index is 13.0. The Morgan fingerprint density at radius 2 is 1.96 bits per heavy atom. The van der Waals surface area contributed by atoms with E-state index in [1.165, 1.54) is 0 Å². The summed E-state index contributed by atoms with van der Waals surface area (Å²) in [4.78, 5) is 17.3. The van der Waals surface area contributed by atoms with E-state index in [1.54, 1.807) is 56.4 Å². The maximum atomic E-state index is 13.0. The van der Waals surface area contributed by atoms with Gasteiger partial charge >= 0.3 is 0 Å². The van der Waals surface area contributed by atoms with Crippen molar-refractivity contribution in [2.24, 2.45) is 0 Å². The zero-order valence-electron chi connectivity index (χ0n) is 14.9. The van der Waals surface area contributed by atoms with Crippen LogP contribution < -0.4 is 10.1 Å². The first-order chi connectivity index (χ1) is 13.1. The highest BCUT2D eigenvalue weighted by atomic mass is 16.5. The molecule has 0 spiro atoms. The molecule has 0 radical (unpaired) electrons. The minimum absolute atomic E-state index is 0.309. The van der Waals surface area contributed by atoms with Crippen molar-refractivity contribution in [3.63, 3.8) is 0 Å². The number of carbonyl (C=O) groups is 1. The summed E-state index contributed by atoms with van der Waals surface area (Å²) in [6.07, 6.45) is 3.15. The third kappa shape index (κ3) is 2.99. The van der Waals surface area contributed by atoms with Crippen molar-refractivity contribution in [2.75, 3.05) is 12.4 Å². The fraction of sp³-hybridized carbons (Fsp3) is 0.167. The molecule has 0 saturated carbocycles. The Kier molecular flexibility index (Phi) is 4.03. The van der Waals surface area contributed by atoms with Gasteiger partial charge in [-0.15, -0.1) is 10.2 Å². The number of fused-ring (bicyclic) bond motifs is 1. The van der Waals surface area contributed by atoms with Gasteiger partial charge in [-0.25, -0.2) is 4.98 Å². The largest absolute Gasteiger partial charge is 0.495 e. The molecule has 3 heterocycles. The third-order valence-electron chi connectivity index (χ3n) is 4.14. The van der Waals surface area contributed by atoms with E-state index in [9.17, 15) is 4.79 Å². The Balaban J connectivity index is 1.75. The van der Waals surface area contributed by atoms with Crippen LogP contribution in [0.1, 0.15) is 21.7 Å². The van der Waals surface area contributed by atoms with Crippen molar-refractivity contribution in [1.29, 1.82) is 0 Å². The molecule has 0 aliphatic rings. The van der Waals surface area contributed by atoms with Crippen molar-refractivity contribution in [3.8, 4) is 11.4 Å². The second-order valence-corrected chi connectivity index (χ2v) is 5.97. The summed E-state index contributed by atoms with van der Waals surface area (Å²) in [6, 6.07) is 7.10. The van der Waals surface area contributed by atoms with E-state index in [0.29, 0.717) is 39.5 Å². The highest BCUT2D eigenvalue weighted by Crippen LogP contribution is 2.29. The molecular weight excluding hydrogens is 348 g/mol. The van der Waals surface area contributed by atoms with Gasteiger partial charge in [-0.1, -0.05) is 5.16 Å². The van der Waals surface area contributed by atoms with Crippen LogP contribution in [0, 0.1) is 13.8 Å². The topological polar surface area (TPSA) is 108 Å². The molecule has 1 amide bonds. The Morgan fingerprint density at radius 3 is 2.70 bits per heavy atom. The summed E-state index contributed by atoms with van der Waals surface area (Å²) < 4.78 is 12.3. The number of hydrogen-bond acceptors (Lipinski definition) is 7. The smallest absolute Gasteiger partial charge is 0.258 e. The Morgan fingerprint density at radius 1 is 1.19 bits per heavy atom. The molecule has 1 N–H and O–H groups in total. The summed E-state index contributed by atoms with van der Waals surface area (Å²) in [5.74, 6) is 0.222. The Bertz CT molecular complexity index is 1130. The number of aryl methyl sites for hydroxylation is 2. The number of aromatic nitrogens is 5.